The van der Waals surface area contributed by atoms with Crippen LogP contribution in [0.3, 0.4) is 0 Å². The molecule has 0 spiro atoms. The van der Waals surface area contributed by atoms with Crippen molar-refractivity contribution in [1.29, 1.82) is 0 Å². The minimum Gasteiger partial charge on any atom is -0.375 e. The third-order valence-corrected chi connectivity index (χ3v) is 7.31. The van der Waals surface area contributed by atoms with E-state index in [0.29, 0.717) is 10.6 Å². The molecule has 0 radical (unpaired) electrons. The number of benzene rings is 2. The molecule has 2 N–H and O–H groups in total. The van der Waals surface area contributed by atoms with E-state index < -0.39 is 0 Å². The van der Waals surface area contributed by atoms with Crippen molar-refractivity contribution >= 4 is 52.3 Å². The van der Waals surface area contributed by atoms with E-state index in [9.17, 15) is 4.79 Å². The summed E-state index contributed by atoms with van der Waals surface area (Å²) < 4.78 is 0. The van der Waals surface area contributed by atoms with Gasteiger partial charge in [0.2, 0.25) is 0 Å². The Kier molecular flexibility index (Phi) is 12.8. The van der Waals surface area contributed by atoms with Crippen molar-refractivity contribution in [3.05, 3.63) is 59.2 Å². The second-order valence-corrected chi connectivity index (χ2v) is 10.4. The molecular weight excluding hydrogens is 453 g/mol. The Balaban J connectivity index is 1.87. The summed E-state index contributed by atoms with van der Waals surface area (Å²) in [7, 11) is 0. The van der Waals surface area contributed by atoms with Crippen LogP contribution >= 0.6 is 35.7 Å². The van der Waals surface area contributed by atoms with Crippen molar-refractivity contribution in [2.75, 3.05) is 29.6 Å². The smallest absolute Gasteiger partial charge is 0.255 e. The van der Waals surface area contributed by atoms with Crippen molar-refractivity contribution in [1.82, 2.24) is 5.32 Å². The lowest BCUT2D eigenvalue weighted by Crippen LogP contribution is -2.25. The largest absolute Gasteiger partial charge is 0.375 e. The molecule has 2 aromatic carbocycles. The summed E-state index contributed by atoms with van der Waals surface area (Å²) in [5, 5.41) is 6.31. The fourth-order valence-electron chi connectivity index (χ4n) is 3.24. The second kappa shape index (κ2) is 15.4. The normalized spacial score (nSPS) is 10.7. The zero-order chi connectivity index (χ0) is 23.2. The molecule has 0 aliphatic heterocycles. The van der Waals surface area contributed by atoms with Crippen molar-refractivity contribution in [3.63, 3.8) is 0 Å². The van der Waals surface area contributed by atoms with E-state index in [0.717, 1.165) is 34.9 Å². The zero-order valence-electron chi connectivity index (χ0n) is 19.5. The molecular formula is C26H36N2OS3. The molecule has 174 valence electrons. The van der Waals surface area contributed by atoms with E-state index in [1.54, 1.807) is 11.8 Å². The molecule has 3 nitrogen and oxygen atoms in total. The zero-order valence-corrected chi connectivity index (χ0v) is 22.0. The summed E-state index contributed by atoms with van der Waals surface area (Å²) in [6.45, 7) is 5.07. The monoisotopic (exact) mass is 488 g/mol. The van der Waals surface area contributed by atoms with Crippen LogP contribution < -0.4 is 10.6 Å². The first-order valence-corrected chi connectivity index (χ1v) is 14.3. The minimum atomic E-state index is -0.0982. The lowest BCUT2D eigenvalue weighted by Gasteiger charge is -2.13. The van der Waals surface area contributed by atoms with Crippen LogP contribution in [0.25, 0.3) is 0 Å². The van der Waals surface area contributed by atoms with Gasteiger partial charge in [0.25, 0.3) is 5.91 Å². The van der Waals surface area contributed by atoms with E-state index >= 15 is 0 Å². The highest BCUT2D eigenvalue weighted by molar-refractivity contribution is 7.99. The summed E-state index contributed by atoms with van der Waals surface area (Å²) >= 11 is 9.14. The van der Waals surface area contributed by atoms with Crippen LogP contribution in [-0.4, -0.2) is 35.2 Å². The Labute approximate surface area is 207 Å². The third-order valence-electron chi connectivity index (χ3n) is 5.22. The van der Waals surface area contributed by atoms with Gasteiger partial charge in [-0.3, -0.25) is 4.79 Å². The van der Waals surface area contributed by atoms with Gasteiger partial charge in [-0.15, -0.1) is 11.8 Å². The second-order valence-electron chi connectivity index (χ2n) is 7.87. The highest BCUT2D eigenvalue weighted by Crippen LogP contribution is 2.22. The van der Waals surface area contributed by atoms with Gasteiger partial charge in [0.1, 0.15) is 4.99 Å². The summed E-state index contributed by atoms with van der Waals surface area (Å²) in [6, 6.07) is 13.9. The number of hydrogen-bond acceptors (Lipinski definition) is 4. The highest BCUT2D eigenvalue weighted by Gasteiger charge is 2.10. The average molecular weight is 489 g/mol. The Morgan fingerprint density at radius 3 is 2.34 bits per heavy atom. The molecule has 0 bridgehead atoms. The van der Waals surface area contributed by atoms with Gasteiger partial charge in [0, 0.05) is 34.0 Å². The van der Waals surface area contributed by atoms with Crippen LogP contribution in [-0.2, 0) is 0 Å². The lowest BCUT2D eigenvalue weighted by molar-refractivity contribution is 0.102. The number of amides is 1. The molecule has 1 amide bonds. The van der Waals surface area contributed by atoms with E-state index in [1.807, 2.05) is 61.2 Å². The SMILES string of the molecule is CCCCCCCCSc1ccc(C(=O)Nc2cc(C(=S)NCCSC)ccc2C)cc1. The van der Waals surface area contributed by atoms with Gasteiger partial charge in [-0.25, -0.2) is 0 Å². The highest BCUT2D eigenvalue weighted by atomic mass is 32.2. The van der Waals surface area contributed by atoms with Crippen LogP contribution in [0.5, 0.6) is 0 Å². The van der Waals surface area contributed by atoms with Crippen molar-refractivity contribution in [3.8, 4) is 0 Å². The number of aryl methyl sites for hydroxylation is 1. The summed E-state index contributed by atoms with van der Waals surface area (Å²) in [5.74, 6) is 2.04. The number of rotatable bonds is 14. The number of hydrogen-bond donors (Lipinski definition) is 2. The maximum atomic E-state index is 12.8. The number of nitrogens with one attached hydrogen (secondary N) is 2. The fourth-order valence-corrected chi connectivity index (χ4v) is 4.68. The first-order valence-electron chi connectivity index (χ1n) is 11.5. The molecule has 0 aliphatic rings. The molecule has 2 aromatic rings. The Morgan fingerprint density at radius 2 is 1.62 bits per heavy atom. The molecule has 6 heteroatoms. The van der Waals surface area contributed by atoms with Gasteiger partial charge in [-0.05, 0) is 61.2 Å². The van der Waals surface area contributed by atoms with Gasteiger partial charge >= 0.3 is 0 Å². The van der Waals surface area contributed by atoms with Crippen LogP contribution in [0.1, 0.15) is 66.9 Å². The maximum Gasteiger partial charge on any atom is 0.255 e. The molecule has 32 heavy (non-hydrogen) atoms. The van der Waals surface area contributed by atoms with Crippen LogP contribution in [0.2, 0.25) is 0 Å². The summed E-state index contributed by atoms with van der Waals surface area (Å²) in [4.78, 5) is 14.7. The van der Waals surface area contributed by atoms with Crippen molar-refractivity contribution < 1.29 is 4.79 Å². The topological polar surface area (TPSA) is 41.1 Å². The van der Waals surface area contributed by atoms with E-state index in [1.165, 1.54) is 43.4 Å². The van der Waals surface area contributed by atoms with Gasteiger partial charge in [0.15, 0.2) is 0 Å². The number of carbonyl (C=O) groups is 1. The molecule has 0 heterocycles. The van der Waals surface area contributed by atoms with Crippen molar-refractivity contribution in [2.45, 2.75) is 57.3 Å². The number of carbonyl (C=O) groups excluding carboxylic acids is 1. The maximum absolute atomic E-state index is 12.8. The van der Waals surface area contributed by atoms with E-state index in [-0.39, 0.29) is 5.91 Å². The quantitative estimate of drug-likeness (QED) is 0.165. The standard InChI is InChI=1S/C26H36N2OS3/c1-4-5-6-7-8-9-17-32-23-14-12-21(13-15-23)25(29)28-24-19-22(11-10-20(24)2)26(30)27-16-18-31-3/h10-15,19H,4-9,16-18H2,1-3H3,(H,27,30)(H,28,29). The third kappa shape index (κ3) is 9.55. The molecule has 0 unspecified atom stereocenters. The van der Waals surface area contributed by atoms with Gasteiger partial charge < -0.3 is 10.6 Å². The lowest BCUT2D eigenvalue weighted by atomic mass is 10.1. The predicted octanol–water partition coefficient (Wildman–Crippen LogP) is 7.33. The molecule has 0 saturated heterocycles. The number of thioether (sulfide) groups is 2. The Morgan fingerprint density at radius 1 is 0.938 bits per heavy atom. The molecule has 0 fully saturated rings. The first kappa shape index (κ1) is 26.7. The number of unbranched alkanes of at least 4 members (excludes halogenated alkanes) is 5. The van der Waals surface area contributed by atoms with Gasteiger partial charge in [-0.1, -0.05) is 63.4 Å². The molecule has 2 rings (SSSR count). The molecule has 0 atom stereocenters. The molecule has 0 aromatic heterocycles. The summed E-state index contributed by atoms with van der Waals surface area (Å²) in [6.07, 6.45) is 9.97. The Bertz CT molecular complexity index is 853. The first-order chi connectivity index (χ1) is 15.5. The number of thiocarbonyl (C=S) groups is 1. The van der Waals surface area contributed by atoms with Gasteiger partial charge in [-0.2, -0.15) is 11.8 Å². The number of anilines is 1. The van der Waals surface area contributed by atoms with E-state index in [4.69, 9.17) is 12.2 Å². The molecule has 0 aliphatic carbocycles. The minimum absolute atomic E-state index is 0.0982. The van der Waals surface area contributed by atoms with Crippen LogP contribution in [0.15, 0.2) is 47.4 Å². The van der Waals surface area contributed by atoms with Crippen LogP contribution in [0, 0.1) is 6.92 Å². The van der Waals surface area contributed by atoms with Crippen LogP contribution in [0.4, 0.5) is 5.69 Å². The Hall–Kier alpha value is -1.50. The fraction of sp³-hybridized carbons (Fsp3) is 0.462. The van der Waals surface area contributed by atoms with Crippen molar-refractivity contribution in [2.24, 2.45) is 0 Å². The van der Waals surface area contributed by atoms with Gasteiger partial charge in [0.05, 0.1) is 0 Å². The predicted molar refractivity (Wildman–Crippen MR) is 148 cm³/mol. The average Bonchev–Trinajstić information content (AvgIpc) is 2.80. The van der Waals surface area contributed by atoms with E-state index in [2.05, 4.69) is 23.8 Å². The summed E-state index contributed by atoms with van der Waals surface area (Å²) in [5.41, 5.74) is 3.39. The molecule has 0 saturated carbocycles.